The second-order valence-electron chi connectivity index (χ2n) is 3.23. The van der Waals surface area contributed by atoms with Crippen LogP contribution in [0.5, 0.6) is 5.75 Å². The number of Topliss-reactive ketones (excluding diaryl/α,β-unsaturated/α-hetero) is 1. The molecule has 1 aromatic rings. The first-order chi connectivity index (χ1) is 6.83. The molecule has 0 atom stereocenters. The summed E-state index contributed by atoms with van der Waals surface area (Å²) in [6.45, 7) is 3.29. The van der Waals surface area contributed by atoms with E-state index in [4.69, 9.17) is 4.74 Å². The van der Waals surface area contributed by atoms with Gasteiger partial charge in [-0.25, -0.2) is 0 Å². The van der Waals surface area contributed by atoms with Gasteiger partial charge >= 0.3 is 0 Å². The number of fused-ring (bicyclic) bond motifs is 1. The number of hydrogen-bond acceptors (Lipinski definition) is 3. The van der Waals surface area contributed by atoms with Crippen LogP contribution in [0.2, 0.25) is 0 Å². The number of carbonyl (C=O) groups is 1. The van der Waals surface area contributed by atoms with Gasteiger partial charge < -0.3 is 10.1 Å². The third kappa shape index (κ3) is 1.45. The fourth-order valence-electron chi connectivity index (χ4n) is 1.58. The first kappa shape index (κ1) is 9.06. The third-order valence-corrected chi connectivity index (χ3v) is 2.30. The van der Waals surface area contributed by atoms with Crippen LogP contribution in [0.25, 0.3) is 0 Å². The smallest absolute Gasteiger partial charge is 0.166 e. The lowest BCUT2D eigenvalue weighted by Gasteiger charge is -2.20. The summed E-state index contributed by atoms with van der Waals surface area (Å²) in [4.78, 5) is 11.6. The standard InChI is InChI=1S/C11H13NO2/c1-2-10(13)8-4-3-5-9-11(8)14-7-6-12-9/h3-5,12H,2,6-7H2,1H3. The predicted molar refractivity (Wildman–Crippen MR) is 55.0 cm³/mol. The molecule has 0 amide bonds. The van der Waals surface area contributed by atoms with Gasteiger partial charge in [-0.15, -0.1) is 0 Å². The zero-order chi connectivity index (χ0) is 9.97. The van der Waals surface area contributed by atoms with Gasteiger partial charge in [0.15, 0.2) is 11.5 Å². The average Bonchev–Trinajstić information content (AvgIpc) is 2.27. The Bertz CT molecular complexity index is 360. The molecule has 1 N–H and O–H groups in total. The number of ketones is 1. The molecule has 0 radical (unpaired) electrons. The molecule has 1 aliphatic heterocycles. The van der Waals surface area contributed by atoms with E-state index in [9.17, 15) is 4.79 Å². The van der Waals surface area contributed by atoms with Gasteiger partial charge in [0, 0.05) is 13.0 Å². The van der Waals surface area contributed by atoms with Gasteiger partial charge in [0.2, 0.25) is 0 Å². The number of rotatable bonds is 2. The van der Waals surface area contributed by atoms with Crippen molar-refractivity contribution < 1.29 is 9.53 Å². The molecule has 0 saturated carbocycles. The molecule has 0 aromatic heterocycles. The minimum Gasteiger partial charge on any atom is -0.489 e. The van der Waals surface area contributed by atoms with Crippen LogP contribution >= 0.6 is 0 Å². The topological polar surface area (TPSA) is 38.3 Å². The summed E-state index contributed by atoms with van der Waals surface area (Å²) in [6, 6.07) is 5.63. The molecule has 3 nitrogen and oxygen atoms in total. The quantitative estimate of drug-likeness (QED) is 0.727. The van der Waals surface area contributed by atoms with Gasteiger partial charge in [-0.2, -0.15) is 0 Å². The van der Waals surface area contributed by atoms with Crippen molar-refractivity contribution in [2.75, 3.05) is 18.5 Å². The maximum absolute atomic E-state index is 11.6. The van der Waals surface area contributed by atoms with Gasteiger partial charge in [0.25, 0.3) is 0 Å². The van der Waals surface area contributed by atoms with Crippen LogP contribution in [-0.2, 0) is 0 Å². The maximum Gasteiger partial charge on any atom is 0.166 e. The molecule has 14 heavy (non-hydrogen) atoms. The molecule has 0 aliphatic carbocycles. The largest absolute Gasteiger partial charge is 0.489 e. The molecule has 2 rings (SSSR count). The Balaban J connectivity index is 2.45. The van der Waals surface area contributed by atoms with E-state index in [0.717, 1.165) is 12.2 Å². The lowest BCUT2D eigenvalue weighted by atomic mass is 10.1. The highest BCUT2D eigenvalue weighted by atomic mass is 16.5. The maximum atomic E-state index is 11.6. The molecular weight excluding hydrogens is 178 g/mol. The molecule has 0 unspecified atom stereocenters. The Morgan fingerprint density at radius 2 is 2.43 bits per heavy atom. The van der Waals surface area contributed by atoms with E-state index in [2.05, 4.69) is 5.32 Å². The van der Waals surface area contributed by atoms with Gasteiger partial charge in [0.1, 0.15) is 6.61 Å². The van der Waals surface area contributed by atoms with Crippen molar-refractivity contribution in [3.8, 4) is 5.75 Å². The molecule has 74 valence electrons. The van der Waals surface area contributed by atoms with Crippen LogP contribution in [0.3, 0.4) is 0 Å². The highest BCUT2D eigenvalue weighted by molar-refractivity contribution is 6.00. The van der Waals surface area contributed by atoms with E-state index < -0.39 is 0 Å². The highest BCUT2D eigenvalue weighted by Gasteiger charge is 2.17. The van der Waals surface area contributed by atoms with Crippen molar-refractivity contribution in [3.63, 3.8) is 0 Å². The zero-order valence-corrected chi connectivity index (χ0v) is 8.17. The summed E-state index contributed by atoms with van der Waals surface area (Å²) >= 11 is 0. The van der Waals surface area contributed by atoms with Gasteiger partial charge in [-0.05, 0) is 12.1 Å². The molecule has 1 heterocycles. The molecule has 0 fully saturated rings. The van der Waals surface area contributed by atoms with Gasteiger partial charge in [-0.1, -0.05) is 13.0 Å². The monoisotopic (exact) mass is 191 g/mol. The number of benzene rings is 1. The lowest BCUT2D eigenvalue weighted by Crippen LogP contribution is -2.19. The summed E-state index contributed by atoms with van der Waals surface area (Å²) in [5.41, 5.74) is 1.62. The molecule has 1 aromatic carbocycles. The first-order valence-electron chi connectivity index (χ1n) is 4.86. The van der Waals surface area contributed by atoms with Crippen molar-refractivity contribution >= 4 is 11.5 Å². The molecule has 3 heteroatoms. The summed E-state index contributed by atoms with van der Waals surface area (Å²) in [5.74, 6) is 0.844. The van der Waals surface area contributed by atoms with E-state index in [1.165, 1.54) is 0 Å². The Labute approximate surface area is 83.1 Å². The molecule has 0 spiro atoms. The van der Waals surface area contributed by atoms with Gasteiger partial charge in [0.05, 0.1) is 11.3 Å². The van der Waals surface area contributed by atoms with Crippen molar-refractivity contribution in [3.05, 3.63) is 23.8 Å². The van der Waals surface area contributed by atoms with Crippen LogP contribution in [0.15, 0.2) is 18.2 Å². The zero-order valence-electron chi connectivity index (χ0n) is 8.17. The third-order valence-electron chi connectivity index (χ3n) is 2.30. The van der Waals surface area contributed by atoms with Gasteiger partial charge in [-0.3, -0.25) is 4.79 Å². The second-order valence-corrected chi connectivity index (χ2v) is 3.23. The predicted octanol–water partition coefficient (Wildman–Crippen LogP) is 2.08. The molecule has 0 saturated heterocycles. The van der Waals surface area contributed by atoms with Crippen LogP contribution in [0.4, 0.5) is 5.69 Å². The van der Waals surface area contributed by atoms with Crippen molar-refractivity contribution in [2.45, 2.75) is 13.3 Å². The summed E-state index contributed by atoms with van der Waals surface area (Å²) < 4.78 is 5.49. The number of carbonyl (C=O) groups excluding carboxylic acids is 1. The van der Waals surface area contributed by atoms with Crippen LogP contribution in [0, 0.1) is 0 Å². The fourth-order valence-corrected chi connectivity index (χ4v) is 1.58. The molecule has 0 bridgehead atoms. The minimum atomic E-state index is 0.130. The number of hydrogen-bond donors (Lipinski definition) is 1. The summed E-state index contributed by atoms with van der Waals surface area (Å²) in [5, 5.41) is 3.20. The average molecular weight is 191 g/mol. The van der Waals surface area contributed by atoms with E-state index in [0.29, 0.717) is 24.3 Å². The van der Waals surface area contributed by atoms with Crippen LogP contribution in [-0.4, -0.2) is 18.9 Å². The van der Waals surface area contributed by atoms with Crippen molar-refractivity contribution in [2.24, 2.45) is 0 Å². The molecule has 1 aliphatic rings. The SMILES string of the molecule is CCC(=O)c1cccc2c1OCCN2. The lowest BCUT2D eigenvalue weighted by molar-refractivity contribution is 0.0984. The van der Waals surface area contributed by atoms with Crippen molar-refractivity contribution in [1.29, 1.82) is 0 Å². The van der Waals surface area contributed by atoms with E-state index in [-0.39, 0.29) is 5.78 Å². The van der Waals surface area contributed by atoms with Crippen LogP contribution < -0.4 is 10.1 Å². The Hall–Kier alpha value is -1.51. The summed E-state index contributed by atoms with van der Waals surface area (Å²) in [6.07, 6.45) is 0.514. The Kier molecular flexibility index (Phi) is 2.39. The Morgan fingerprint density at radius 3 is 3.21 bits per heavy atom. The highest BCUT2D eigenvalue weighted by Crippen LogP contribution is 2.31. The fraction of sp³-hybridized carbons (Fsp3) is 0.364. The Morgan fingerprint density at radius 1 is 1.57 bits per heavy atom. The number of nitrogens with one attached hydrogen (secondary N) is 1. The number of ether oxygens (including phenoxy) is 1. The van der Waals surface area contributed by atoms with E-state index in [1.54, 1.807) is 0 Å². The first-order valence-corrected chi connectivity index (χ1v) is 4.86. The van der Waals surface area contributed by atoms with Crippen LogP contribution in [0.1, 0.15) is 23.7 Å². The molecular formula is C11H13NO2. The van der Waals surface area contributed by atoms with E-state index in [1.807, 2.05) is 25.1 Å². The minimum absolute atomic E-state index is 0.130. The van der Waals surface area contributed by atoms with E-state index >= 15 is 0 Å². The second kappa shape index (κ2) is 3.70. The number of anilines is 1. The number of para-hydroxylation sites is 1. The summed E-state index contributed by atoms with van der Waals surface area (Å²) in [7, 11) is 0. The van der Waals surface area contributed by atoms with Crippen molar-refractivity contribution in [1.82, 2.24) is 0 Å². The normalized spacial score (nSPS) is 13.8.